The van der Waals surface area contributed by atoms with E-state index in [1.54, 1.807) is 4.90 Å². The van der Waals surface area contributed by atoms with E-state index >= 15 is 0 Å². The standard InChI is InChI=1S/C18H24N2O3/c1-18(12-15-6-3-2-4-7-15)8-5-9-20(18)16(21)13-19-10-11-23-14-17(19)22/h2-4,6-7H,5,8-14H2,1H3/t18-/m1/s1. The molecule has 0 spiro atoms. The monoisotopic (exact) mass is 316 g/mol. The van der Waals surface area contributed by atoms with Gasteiger partial charge in [0.2, 0.25) is 11.8 Å². The molecule has 0 N–H and O–H groups in total. The van der Waals surface area contributed by atoms with Gasteiger partial charge in [-0.1, -0.05) is 30.3 Å². The van der Waals surface area contributed by atoms with Crippen LogP contribution in [0.4, 0.5) is 0 Å². The molecule has 0 bridgehead atoms. The van der Waals surface area contributed by atoms with Crippen LogP contribution >= 0.6 is 0 Å². The highest BCUT2D eigenvalue weighted by atomic mass is 16.5. The lowest BCUT2D eigenvalue weighted by atomic mass is 9.90. The van der Waals surface area contributed by atoms with Gasteiger partial charge < -0.3 is 14.5 Å². The highest BCUT2D eigenvalue weighted by molar-refractivity contribution is 5.86. The molecule has 5 nitrogen and oxygen atoms in total. The molecule has 2 fully saturated rings. The van der Waals surface area contributed by atoms with Crippen LogP contribution in [0.1, 0.15) is 25.3 Å². The van der Waals surface area contributed by atoms with Gasteiger partial charge in [0.05, 0.1) is 13.2 Å². The summed E-state index contributed by atoms with van der Waals surface area (Å²) >= 11 is 0. The molecule has 3 rings (SSSR count). The maximum atomic E-state index is 12.8. The zero-order chi connectivity index (χ0) is 16.3. The average Bonchev–Trinajstić information content (AvgIpc) is 2.92. The fourth-order valence-corrected chi connectivity index (χ4v) is 3.63. The molecule has 5 heteroatoms. The second-order valence-corrected chi connectivity index (χ2v) is 6.68. The van der Waals surface area contributed by atoms with Crippen molar-refractivity contribution in [3.63, 3.8) is 0 Å². The van der Waals surface area contributed by atoms with Crippen molar-refractivity contribution in [2.24, 2.45) is 0 Å². The SMILES string of the molecule is C[C@]1(Cc2ccccc2)CCCN1C(=O)CN1CCOCC1=O. The Morgan fingerprint density at radius 3 is 2.78 bits per heavy atom. The first-order valence-corrected chi connectivity index (χ1v) is 8.28. The van der Waals surface area contributed by atoms with E-state index in [4.69, 9.17) is 4.74 Å². The Morgan fingerprint density at radius 1 is 1.26 bits per heavy atom. The maximum Gasteiger partial charge on any atom is 0.249 e. The van der Waals surface area contributed by atoms with Gasteiger partial charge in [-0.3, -0.25) is 9.59 Å². The highest BCUT2D eigenvalue weighted by Crippen LogP contribution is 2.32. The molecule has 124 valence electrons. The number of benzene rings is 1. The molecule has 0 aromatic heterocycles. The summed E-state index contributed by atoms with van der Waals surface area (Å²) in [5.74, 6) is -0.0373. The molecule has 2 aliphatic rings. The Hall–Kier alpha value is -1.88. The van der Waals surface area contributed by atoms with Crippen LogP contribution in [0.5, 0.6) is 0 Å². The summed E-state index contributed by atoms with van der Waals surface area (Å²) in [4.78, 5) is 28.2. The Labute approximate surface area is 137 Å². The van der Waals surface area contributed by atoms with Gasteiger partial charge in [0.15, 0.2) is 0 Å². The van der Waals surface area contributed by atoms with Gasteiger partial charge in [-0.25, -0.2) is 0 Å². The Kier molecular flexibility index (Phi) is 4.66. The number of carbonyl (C=O) groups excluding carboxylic acids is 2. The minimum absolute atomic E-state index is 0.0520. The van der Waals surface area contributed by atoms with E-state index in [1.165, 1.54) is 5.56 Å². The van der Waals surface area contributed by atoms with Crippen LogP contribution in [0.3, 0.4) is 0 Å². The molecule has 2 heterocycles. The normalized spacial score (nSPS) is 25.0. The molecule has 1 aromatic rings. The first-order chi connectivity index (χ1) is 11.1. The molecule has 23 heavy (non-hydrogen) atoms. The van der Waals surface area contributed by atoms with Gasteiger partial charge in [0, 0.05) is 18.6 Å². The number of hydrogen-bond acceptors (Lipinski definition) is 3. The van der Waals surface area contributed by atoms with E-state index in [1.807, 2.05) is 23.1 Å². The summed E-state index contributed by atoms with van der Waals surface area (Å²) < 4.78 is 5.12. The fraction of sp³-hybridized carbons (Fsp3) is 0.556. The number of amides is 2. The van der Waals surface area contributed by atoms with Crippen LogP contribution in [0.25, 0.3) is 0 Å². The minimum Gasteiger partial charge on any atom is -0.370 e. The number of rotatable bonds is 4. The van der Waals surface area contributed by atoms with E-state index in [0.29, 0.717) is 13.2 Å². The number of morpholine rings is 1. The summed E-state index contributed by atoms with van der Waals surface area (Å²) in [6.07, 6.45) is 2.88. The van der Waals surface area contributed by atoms with Gasteiger partial charge in [0.25, 0.3) is 0 Å². The topological polar surface area (TPSA) is 49.9 Å². The van der Waals surface area contributed by atoms with Crippen LogP contribution in [-0.4, -0.2) is 60.0 Å². The summed E-state index contributed by atoms with van der Waals surface area (Å²) in [6.45, 7) is 4.22. The van der Waals surface area contributed by atoms with Gasteiger partial charge in [-0.2, -0.15) is 0 Å². The molecule has 1 atom stereocenters. The summed E-state index contributed by atoms with van der Waals surface area (Å²) in [5.41, 5.74) is 1.09. The molecular formula is C18H24N2O3. The van der Waals surface area contributed by atoms with Crippen LogP contribution in [0, 0.1) is 0 Å². The first kappa shape index (κ1) is 16.0. The van der Waals surface area contributed by atoms with Crippen molar-refractivity contribution in [2.45, 2.75) is 31.7 Å². The van der Waals surface area contributed by atoms with Gasteiger partial charge in [-0.15, -0.1) is 0 Å². The third-order valence-corrected chi connectivity index (χ3v) is 4.89. The molecule has 0 radical (unpaired) electrons. The van der Waals surface area contributed by atoms with Crippen molar-refractivity contribution < 1.29 is 14.3 Å². The maximum absolute atomic E-state index is 12.8. The molecular weight excluding hydrogens is 292 g/mol. The molecule has 0 aliphatic carbocycles. The lowest BCUT2D eigenvalue weighted by molar-refractivity contribution is -0.149. The van der Waals surface area contributed by atoms with Crippen molar-refractivity contribution in [3.8, 4) is 0 Å². The predicted octanol–water partition coefficient (Wildman–Crippen LogP) is 1.47. The lowest BCUT2D eigenvalue weighted by Gasteiger charge is -2.37. The quantitative estimate of drug-likeness (QED) is 0.845. The third kappa shape index (κ3) is 3.55. The Bertz CT molecular complexity index is 575. The number of likely N-dealkylation sites (tertiary alicyclic amines) is 1. The van der Waals surface area contributed by atoms with E-state index in [0.717, 1.165) is 25.8 Å². The fourth-order valence-electron chi connectivity index (χ4n) is 3.63. The first-order valence-electron chi connectivity index (χ1n) is 8.28. The van der Waals surface area contributed by atoms with E-state index < -0.39 is 0 Å². The minimum atomic E-state index is -0.159. The lowest BCUT2D eigenvalue weighted by Crippen LogP contribution is -2.52. The second kappa shape index (κ2) is 6.71. The molecule has 1 aromatic carbocycles. The second-order valence-electron chi connectivity index (χ2n) is 6.68. The molecule has 2 saturated heterocycles. The van der Waals surface area contributed by atoms with Crippen molar-refractivity contribution in [3.05, 3.63) is 35.9 Å². The van der Waals surface area contributed by atoms with Crippen LogP contribution in [0.2, 0.25) is 0 Å². The average molecular weight is 316 g/mol. The summed E-state index contributed by atoms with van der Waals surface area (Å²) in [6, 6.07) is 10.3. The predicted molar refractivity (Wildman–Crippen MR) is 86.9 cm³/mol. The van der Waals surface area contributed by atoms with E-state index in [9.17, 15) is 9.59 Å². The largest absolute Gasteiger partial charge is 0.370 e. The van der Waals surface area contributed by atoms with Crippen molar-refractivity contribution in [2.75, 3.05) is 32.8 Å². The Morgan fingerprint density at radius 2 is 2.04 bits per heavy atom. The smallest absolute Gasteiger partial charge is 0.249 e. The van der Waals surface area contributed by atoms with Crippen LogP contribution in [-0.2, 0) is 20.7 Å². The van der Waals surface area contributed by atoms with Crippen molar-refractivity contribution >= 4 is 11.8 Å². The zero-order valence-electron chi connectivity index (χ0n) is 13.7. The van der Waals surface area contributed by atoms with Crippen molar-refractivity contribution in [1.82, 2.24) is 9.80 Å². The third-order valence-electron chi connectivity index (χ3n) is 4.89. The van der Waals surface area contributed by atoms with Crippen LogP contribution in [0.15, 0.2) is 30.3 Å². The number of nitrogens with zero attached hydrogens (tertiary/aromatic N) is 2. The molecule has 2 aliphatic heterocycles. The number of carbonyl (C=O) groups is 2. The summed E-state index contributed by atoms with van der Waals surface area (Å²) in [7, 11) is 0. The van der Waals surface area contributed by atoms with Gasteiger partial charge >= 0.3 is 0 Å². The van der Waals surface area contributed by atoms with E-state index in [-0.39, 0.29) is 30.5 Å². The van der Waals surface area contributed by atoms with Gasteiger partial charge in [-0.05, 0) is 31.7 Å². The highest BCUT2D eigenvalue weighted by Gasteiger charge is 2.40. The Balaban J connectivity index is 1.67. The van der Waals surface area contributed by atoms with Crippen molar-refractivity contribution in [1.29, 1.82) is 0 Å². The molecule has 0 unspecified atom stereocenters. The molecule has 0 saturated carbocycles. The summed E-state index contributed by atoms with van der Waals surface area (Å²) in [5, 5.41) is 0. The molecule has 2 amide bonds. The van der Waals surface area contributed by atoms with Crippen LogP contribution < -0.4 is 0 Å². The number of ether oxygens (including phenoxy) is 1. The number of hydrogen-bond donors (Lipinski definition) is 0. The zero-order valence-corrected chi connectivity index (χ0v) is 13.7. The van der Waals surface area contributed by atoms with Gasteiger partial charge in [0.1, 0.15) is 6.61 Å². The van der Waals surface area contributed by atoms with E-state index in [2.05, 4.69) is 19.1 Å².